The quantitative estimate of drug-likeness (QED) is 0.378. The van der Waals surface area contributed by atoms with Crippen LogP contribution < -0.4 is 21.1 Å². The van der Waals surface area contributed by atoms with E-state index in [1.54, 1.807) is 0 Å². The van der Waals surface area contributed by atoms with Crippen molar-refractivity contribution in [3.05, 3.63) is 96.1 Å². The van der Waals surface area contributed by atoms with Crippen molar-refractivity contribution >= 4 is 58.0 Å². The second-order valence-electron chi connectivity index (χ2n) is 8.61. The SMILES string of the molecule is C[Si](C)(O)c1ccc2c3c(ccc(P(=S)(c4ccccc4)c4ccccc4)c13)CC2. The minimum absolute atomic E-state index is 1.07. The molecule has 4 heteroatoms. The third-order valence-corrected chi connectivity index (χ3v) is 12.9. The van der Waals surface area contributed by atoms with Crippen LogP contribution in [0.25, 0.3) is 10.8 Å². The molecule has 0 spiro atoms. The van der Waals surface area contributed by atoms with Crippen molar-refractivity contribution in [1.29, 1.82) is 0 Å². The molecule has 0 amide bonds. The summed E-state index contributed by atoms with van der Waals surface area (Å²) >= 11 is 6.66. The van der Waals surface area contributed by atoms with E-state index >= 15 is 0 Å². The van der Waals surface area contributed by atoms with Crippen molar-refractivity contribution in [2.75, 3.05) is 0 Å². The predicted octanol–water partition coefficient (Wildman–Crippen LogP) is 4.10. The summed E-state index contributed by atoms with van der Waals surface area (Å²) in [4.78, 5) is 11.2. The van der Waals surface area contributed by atoms with Gasteiger partial charge in [0.15, 0.2) is 0 Å². The molecule has 0 fully saturated rings. The van der Waals surface area contributed by atoms with Crippen molar-refractivity contribution in [3.8, 4) is 0 Å². The van der Waals surface area contributed by atoms with Gasteiger partial charge in [-0.1, -0.05) is 96.7 Å². The number of aryl methyl sites for hydroxylation is 2. The highest BCUT2D eigenvalue weighted by atomic mass is 32.4. The maximum atomic E-state index is 11.2. The molecule has 0 atom stereocenters. The first-order valence-corrected chi connectivity index (χ1v) is 16.2. The highest BCUT2D eigenvalue weighted by Gasteiger charge is 2.33. The summed E-state index contributed by atoms with van der Waals surface area (Å²) < 4.78 is 0. The molecule has 1 N–H and O–H groups in total. The molecule has 0 aliphatic heterocycles. The summed E-state index contributed by atoms with van der Waals surface area (Å²) in [6, 6.07) is 27.9. The van der Waals surface area contributed by atoms with Crippen LogP contribution in [0.15, 0.2) is 84.9 Å². The predicted molar refractivity (Wildman–Crippen MR) is 137 cm³/mol. The van der Waals surface area contributed by atoms with Gasteiger partial charge in [0.25, 0.3) is 0 Å². The minimum atomic E-state index is -2.56. The highest BCUT2D eigenvalue weighted by molar-refractivity contribution is 8.25. The first-order chi connectivity index (χ1) is 14.4. The second kappa shape index (κ2) is 7.28. The van der Waals surface area contributed by atoms with Crippen molar-refractivity contribution < 1.29 is 4.80 Å². The Morgan fingerprint density at radius 1 is 0.700 bits per heavy atom. The lowest BCUT2D eigenvalue weighted by molar-refractivity contribution is 0.569. The van der Waals surface area contributed by atoms with E-state index in [1.807, 2.05) is 13.1 Å². The molecule has 1 aliphatic carbocycles. The molecule has 4 aromatic carbocycles. The van der Waals surface area contributed by atoms with E-state index in [1.165, 1.54) is 37.8 Å². The largest absolute Gasteiger partial charge is 0.428 e. The summed E-state index contributed by atoms with van der Waals surface area (Å²) in [7, 11) is -2.56. The zero-order valence-electron chi connectivity index (χ0n) is 17.3. The Hall–Kier alpha value is -2.03. The molecule has 0 unspecified atom stereocenters. The van der Waals surface area contributed by atoms with E-state index in [2.05, 4.69) is 84.9 Å². The van der Waals surface area contributed by atoms with Crippen LogP contribution in [0.2, 0.25) is 13.1 Å². The van der Waals surface area contributed by atoms with Gasteiger partial charge in [-0.3, -0.25) is 0 Å². The summed E-state index contributed by atoms with van der Waals surface area (Å²) in [5, 5.41) is 7.32. The van der Waals surface area contributed by atoms with Gasteiger partial charge < -0.3 is 4.80 Å². The Bertz CT molecular complexity index is 1240. The molecule has 1 aliphatic rings. The smallest absolute Gasteiger partial charge is 0.214 e. The molecule has 0 bridgehead atoms. The highest BCUT2D eigenvalue weighted by Crippen LogP contribution is 2.46. The van der Waals surface area contributed by atoms with Gasteiger partial charge in [-0.2, -0.15) is 0 Å². The Labute approximate surface area is 184 Å². The Kier molecular flexibility index (Phi) is 4.83. The lowest BCUT2D eigenvalue weighted by Crippen LogP contribution is -2.44. The Balaban J connectivity index is 1.95. The van der Waals surface area contributed by atoms with E-state index in [9.17, 15) is 4.80 Å². The number of benzene rings is 4. The maximum absolute atomic E-state index is 11.2. The maximum Gasteiger partial charge on any atom is 0.214 e. The molecule has 0 saturated heterocycles. The Morgan fingerprint density at radius 2 is 1.20 bits per heavy atom. The summed E-state index contributed by atoms with van der Waals surface area (Å²) in [6.45, 7) is 4.04. The standard InChI is InChI=1S/C26H25OPSSi/c1-30(2,27)24-18-16-20-14-13-19-15-17-23(26(24)25(19)20)28(29,21-9-5-3-6-10-21)22-11-7-4-8-12-22/h3-12,15-18,27H,13-14H2,1-2H3. The molecular weight excluding hydrogens is 419 g/mol. The van der Waals surface area contributed by atoms with Crippen LogP contribution in [0.1, 0.15) is 11.1 Å². The van der Waals surface area contributed by atoms with E-state index in [4.69, 9.17) is 11.8 Å². The topological polar surface area (TPSA) is 20.2 Å². The zero-order chi connectivity index (χ0) is 20.9. The van der Waals surface area contributed by atoms with Crippen LogP contribution in [-0.2, 0) is 24.6 Å². The molecule has 0 saturated carbocycles. The van der Waals surface area contributed by atoms with Gasteiger partial charge in [0, 0.05) is 11.3 Å². The molecule has 1 nitrogen and oxygen atoms in total. The van der Waals surface area contributed by atoms with Gasteiger partial charge >= 0.3 is 0 Å². The molecule has 0 radical (unpaired) electrons. The van der Waals surface area contributed by atoms with Gasteiger partial charge in [0.05, 0.1) is 0 Å². The zero-order valence-corrected chi connectivity index (χ0v) is 20.0. The minimum Gasteiger partial charge on any atom is -0.428 e. The van der Waals surface area contributed by atoms with E-state index in [0.717, 1.165) is 18.0 Å². The fourth-order valence-corrected chi connectivity index (χ4v) is 10.3. The van der Waals surface area contributed by atoms with Crippen molar-refractivity contribution in [1.82, 2.24) is 0 Å². The molecule has 30 heavy (non-hydrogen) atoms. The molecule has 5 rings (SSSR count). The molecule has 150 valence electrons. The fraction of sp³-hybridized carbons (Fsp3) is 0.154. The van der Waals surface area contributed by atoms with Crippen molar-refractivity contribution in [3.63, 3.8) is 0 Å². The van der Waals surface area contributed by atoms with E-state index < -0.39 is 14.4 Å². The van der Waals surface area contributed by atoms with Gasteiger partial charge in [0.2, 0.25) is 8.32 Å². The van der Waals surface area contributed by atoms with Crippen molar-refractivity contribution in [2.24, 2.45) is 0 Å². The van der Waals surface area contributed by atoms with Gasteiger partial charge in [0.1, 0.15) is 0 Å². The van der Waals surface area contributed by atoms with Crippen LogP contribution in [-0.4, -0.2) is 13.1 Å². The lowest BCUT2D eigenvalue weighted by Gasteiger charge is -2.28. The van der Waals surface area contributed by atoms with Crippen LogP contribution in [0, 0.1) is 0 Å². The van der Waals surface area contributed by atoms with Crippen LogP contribution in [0.5, 0.6) is 0 Å². The molecule has 4 aromatic rings. The number of rotatable bonds is 4. The van der Waals surface area contributed by atoms with E-state index in [0.29, 0.717) is 0 Å². The normalized spacial score (nSPS) is 13.7. The second-order valence-corrected chi connectivity index (χ2v) is 16.6. The number of hydrogen-bond acceptors (Lipinski definition) is 2. The first kappa shape index (κ1) is 19.9. The third-order valence-electron chi connectivity index (χ3n) is 6.21. The van der Waals surface area contributed by atoms with Crippen LogP contribution in [0.4, 0.5) is 0 Å². The fourth-order valence-electron chi connectivity index (χ4n) is 4.79. The number of hydrogen-bond donors (Lipinski definition) is 1. The van der Waals surface area contributed by atoms with Crippen molar-refractivity contribution in [2.45, 2.75) is 25.9 Å². The van der Waals surface area contributed by atoms with E-state index in [-0.39, 0.29) is 0 Å². The van der Waals surface area contributed by atoms with Gasteiger partial charge in [-0.05, 0) is 63.6 Å². The molecule has 0 aromatic heterocycles. The lowest BCUT2D eigenvalue weighted by atomic mass is 10.1. The first-order valence-electron chi connectivity index (χ1n) is 10.4. The van der Waals surface area contributed by atoms with Crippen LogP contribution >= 0.6 is 6.04 Å². The average Bonchev–Trinajstić information content (AvgIpc) is 3.19. The third kappa shape index (κ3) is 3.04. The van der Waals surface area contributed by atoms with Gasteiger partial charge in [-0.15, -0.1) is 0 Å². The average molecular weight is 445 g/mol. The monoisotopic (exact) mass is 444 g/mol. The molecule has 0 heterocycles. The Morgan fingerprint density at radius 3 is 1.70 bits per heavy atom. The summed E-state index contributed by atoms with van der Waals surface area (Å²) in [5.41, 5.74) is 2.79. The van der Waals surface area contributed by atoms with Gasteiger partial charge in [-0.25, -0.2) is 0 Å². The molecular formula is C26H25OPSSi. The van der Waals surface area contributed by atoms with Crippen LogP contribution in [0.3, 0.4) is 0 Å². The summed E-state index contributed by atoms with van der Waals surface area (Å²) in [5.74, 6) is 0. The summed E-state index contributed by atoms with van der Waals surface area (Å²) in [6.07, 6.45) is 2.14.